The van der Waals surface area contributed by atoms with E-state index in [2.05, 4.69) is 30.9 Å². The summed E-state index contributed by atoms with van der Waals surface area (Å²) in [5.74, 6) is 1.35. The van der Waals surface area contributed by atoms with Gasteiger partial charge in [0.25, 0.3) is 0 Å². The summed E-state index contributed by atoms with van der Waals surface area (Å²) in [6.45, 7) is 7.65. The molecule has 0 unspecified atom stereocenters. The predicted octanol–water partition coefficient (Wildman–Crippen LogP) is 2.12. The Morgan fingerprint density at radius 3 is 2.50 bits per heavy atom. The van der Waals surface area contributed by atoms with Gasteiger partial charge in [0.1, 0.15) is 11.6 Å². The summed E-state index contributed by atoms with van der Waals surface area (Å²) in [5.41, 5.74) is 10.2. The number of pyridine rings is 1. The van der Waals surface area contributed by atoms with Gasteiger partial charge in [-0.15, -0.1) is 0 Å². The highest BCUT2D eigenvalue weighted by atomic mass is 15.3. The van der Waals surface area contributed by atoms with Crippen molar-refractivity contribution in [1.29, 1.82) is 0 Å². The van der Waals surface area contributed by atoms with Gasteiger partial charge in [0.2, 0.25) is 0 Å². The molecular formula is C22H26N8. The lowest BCUT2D eigenvalue weighted by Gasteiger charge is -2.34. The number of aryl methyl sites for hydroxylation is 2. The lowest BCUT2D eigenvalue weighted by atomic mass is 10.2. The molecular weight excluding hydrogens is 376 g/mol. The van der Waals surface area contributed by atoms with Crippen molar-refractivity contribution in [1.82, 2.24) is 34.5 Å². The molecule has 154 valence electrons. The second-order valence-electron chi connectivity index (χ2n) is 8.02. The summed E-state index contributed by atoms with van der Waals surface area (Å²) in [5, 5.41) is 6.52. The topological polar surface area (TPSA) is 89.0 Å². The van der Waals surface area contributed by atoms with Crippen LogP contribution in [0.3, 0.4) is 0 Å². The fraction of sp³-hybridized carbons (Fsp3) is 0.364. The number of aromatic nitrogens is 5. The highest BCUT2D eigenvalue weighted by molar-refractivity contribution is 5.87. The third kappa shape index (κ3) is 3.59. The van der Waals surface area contributed by atoms with Crippen LogP contribution in [0.2, 0.25) is 0 Å². The highest BCUT2D eigenvalue weighted by Crippen LogP contribution is 2.20. The van der Waals surface area contributed by atoms with E-state index in [1.54, 1.807) is 0 Å². The second-order valence-corrected chi connectivity index (χ2v) is 8.02. The number of anilines is 1. The van der Waals surface area contributed by atoms with Crippen molar-refractivity contribution >= 4 is 27.8 Å². The SMILES string of the molecule is Cc1nn(C)c2ncc(CN3CCN(Cc4nc(N)c5ccccc5n4)CC3)cc12. The first kappa shape index (κ1) is 18.9. The molecule has 0 saturated carbocycles. The van der Waals surface area contributed by atoms with Crippen LogP contribution < -0.4 is 5.73 Å². The van der Waals surface area contributed by atoms with E-state index < -0.39 is 0 Å². The summed E-state index contributed by atoms with van der Waals surface area (Å²) < 4.78 is 1.84. The Morgan fingerprint density at radius 1 is 0.967 bits per heavy atom. The van der Waals surface area contributed by atoms with Crippen molar-refractivity contribution in [3.8, 4) is 0 Å². The zero-order valence-corrected chi connectivity index (χ0v) is 17.4. The van der Waals surface area contributed by atoms with Crippen LogP contribution >= 0.6 is 0 Å². The van der Waals surface area contributed by atoms with E-state index >= 15 is 0 Å². The molecule has 30 heavy (non-hydrogen) atoms. The minimum Gasteiger partial charge on any atom is -0.383 e. The first-order valence-corrected chi connectivity index (χ1v) is 10.3. The van der Waals surface area contributed by atoms with Crippen molar-refractivity contribution in [2.24, 2.45) is 7.05 Å². The van der Waals surface area contributed by atoms with Crippen LogP contribution in [0.5, 0.6) is 0 Å². The number of nitrogens with two attached hydrogens (primary N) is 1. The van der Waals surface area contributed by atoms with E-state index in [9.17, 15) is 0 Å². The fourth-order valence-corrected chi connectivity index (χ4v) is 4.22. The zero-order valence-electron chi connectivity index (χ0n) is 17.4. The van der Waals surface area contributed by atoms with Gasteiger partial charge in [0.15, 0.2) is 5.65 Å². The standard InChI is InChI=1S/C22H26N8/c1-15-18-11-16(12-24-22(18)28(2)27-15)13-29-7-9-30(10-8-29)14-20-25-19-6-4-3-5-17(19)21(23)26-20/h3-6,11-12H,7-10,13-14H2,1-2H3,(H2,23,25,26). The van der Waals surface area contributed by atoms with Gasteiger partial charge in [-0.25, -0.2) is 15.0 Å². The Labute approximate surface area is 175 Å². The number of piperazine rings is 1. The van der Waals surface area contributed by atoms with Gasteiger partial charge in [-0.05, 0) is 30.7 Å². The average molecular weight is 403 g/mol. The maximum absolute atomic E-state index is 6.13. The van der Waals surface area contributed by atoms with Crippen molar-refractivity contribution in [2.75, 3.05) is 31.9 Å². The monoisotopic (exact) mass is 402 g/mol. The van der Waals surface area contributed by atoms with Crippen LogP contribution in [0.1, 0.15) is 17.1 Å². The largest absolute Gasteiger partial charge is 0.383 e. The molecule has 1 aliphatic rings. The molecule has 8 nitrogen and oxygen atoms in total. The second kappa shape index (κ2) is 7.62. The predicted molar refractivity (Wildman–Crippen MR) is 118 cm³/mol. The molecule has 2 N–H and O–H groups in total. The van der Waals surface area contributed by atoms with Crippen LogP contribution in [-0.4, -0.2) is 60.7 Å². The number of hydrogen-bond acceptors (Lipinski definition) is 7. The molecule has 5 rings (SSSR count). The molecule has 0 radical (unpaired) electrons. The van der Waals surface area contributed by atoms with Gasteiger partial charge in [-0.3, -0.25) is 14.5 Å². The number of para-hydroxylation sites is 1. The summed E-state index contributed by atoms with van der Waals surface area (Å²) >= 11 is 0. The molecule has 3 aromatic heterocycles. The average Bonchev–Trinajstić information content (AvgIpc) is 3.03. The fourth-order valence-electron chi connectivity index (χ4n) is 4.22. The summed E-state index contributed by atoms with van der Waals surface area (Å²) in [7, 11) is 1.94. The molecule has 0 aliphatic carbocycles. The maximum Gasteiger partial charge on any atom is 0.157 e. The van der Waals surface area contributed by atoms with Crippen molar-refractivity contribution in [2.45, 2.75) is 20.0 Å². The minimum atomic E-state index is 0.558. The number of hydrogen-bond donors (Lipinski definition) is 1. The third-order valence-corrected chi connectivity index (χ3v) is 5.83. The van der Waals surface area contributed by atoms with E-state index in [4.69, 9.17) is 10.7 Å². The number of fused-ring (bicyclic) bond motifs is 2. The Bertz CT molecular complexity index is 1210. The van der Waals surface area contributed by atoms with Crippen LogP contribution in [-0.2, 0) is 20.1 Å². The first-order chi connectivity index (χ1) is 14.6. The van der Waals surface area contributed by atoms with Crippen LogP contribution in [0, 0.1) is 6.92 Å². The van der Waals surface area contributed by atoms with Crippen molar-refractivity contribution in [3.63, 3.8) is 0 Å². The van der Waals surface area contributed by atoms with Crippen molar-refractivity contribution in [3.05, 3.63) is 53.6 Å². The normalized spacial score (nSPS) is 15.9. The highest BCUT2D eigenvalue weighted by Gasteiger charge is 2.19. The molecule has 1 fully saturated rings. The molecule has 1 saturated heterocycles. The molecule has 4 aromatic rings. The number of nitrogens with zero attached hydrogens (tertiary/aromatic N) is 7. The lowest BCUT2D eigenvalue weighted by Crippen LogP contribution is -2.45. The smallest absolute Gasteiger partial charge is 0.157 e. The molecule has 0 spiro atoms. The van der Waals surface area contributed by atoms with Gasteiger partial charge in [-0.2, -0.15) is 5.10 Å². The summed E-state index contributed by atoms with van der Waals surface area (Å²) in [4.78, 5) is 18.7. The molecule has 1 aliphatic heterocycles. The third-order valence-electron chi connectivity index (χ3n) is 5.83. The van der Waals surface area contributed by atoms with E-state index in [0.29, 0.717) is 5.82 Å². The molecule has 1 aromatic carbocycles. The van der Waals surface area contributed by atoms with E-state index in [-0.39, 0.29) is 0 Å². The Morgan fingerprint density at radius 2 is 1.70 bits per heavy atom. The van der Waals surface area contributed by atoms with Gasteiger partial charge in [0, 0.05) is 56.7 Å². The zero-order chi connectivity index (χ0) is 20.7. The van der Waals surface area contributed by atoms with Crippen LogP contribution in [0.4, 0.5) is 5.82 Å². The minimum absolute atomic E-state index is 0.558. The van der Waals surface area contributed by atoms with Gasteiger partial charge in [0.05, 0.1) is 17.8 Å². The van der Waals surface area contributed by atoms with Crippen LogP contribution in [0.25, 0.3) is 21.9 Å². The van der Waals surface area contributed by atoms with Gasteiger partial charge in [-0.1, -0.05) is 12.1 Å². The Balaban J connectivity index is 1.22. The van der Waals surface area contributed by atoms with E-state index in [1.165, 1.54) is 5.56 Å². The summed E-state index contributed by atoms with van der Waals surface area (Å²) in [6.07, 6.45) is 1.97. The number of rotatable bonds is 4. The van der Waals surface area contributed by atoms with E-state index in [1.807, 2.05) is 49.1 Å². The molecule has 0 bridgehead atoms. The molecule has 0 amide bonds. The van der Waals surface area contributed by atoms with Crippen LogP contribution in [0.15, 0.2) is 36.5 Å². The van der Waals surface area contributed by atoms with Crippen molar-refractivity contribution < 1.29 is 0 Å². The lowest BCUT2D eigenvalue weighted by molar-refractivity contribution is 0.120. The van der Waals surface area contributed by atoms with E-state index in [0.717, 1.165) is 72.7 Å². The van der Waals surface area contributed by atoms with Gasteiger partial charge < -0.3 is 5.73 Å². The summed E-state index contributed by atoms with van der Waals surface area (Å²) in [6, 6.07) is 10.1. The molecule has 4 heterocycles. The molecule has 8 heteroatoms. The van der Waals surface area contributed by atoms with Gasteiger partial charge >= 0.3 is 0 Å². The Hall–Kier alpha value is -3.10. The maximum atomic E-state index is 6.13. The quantitative estimate of drug-likeness (QED) is 0.559. The molecule has 0 atom stereocenters. The Kier molecular flexibility index (Phi) is 4.80. The first-order valence-electron chi connectivity index (χ1n) is 10.3. The number of benzene rings is 1. The number of nitrogen functional groups attached to an aromatic ring is 1.